The molecule has 0 atom stereocenters. The Morgan fingerprint density at radius 3 is 2.39 bits per heavy atom. The normalized spacial score (nSPS) is 16.9. The Kier molecular flexibility index (Phi) is 7.64. The maximum Gasteiger partial charge on any atom is 0.318 e. The molecule has 2 aromatic rings. The fourth-order valence-electron chi connectivity index (χ4n) is 3.66. The molecule has 2 aliphatic heterocycles. The minimum Gasteiger partial charge on any atom is -0.393 e. The average Bonchev–Trinajstić information content (AvgIpc) is 3.24. The number of amides is 2. The molecule has 0 bridgehead atoms. The van der Waals surface area contributed by atoms with Crippen molar-refractivity contribution in [1.82, 2.24) is 19.5 Å². The molecule has 1 fully saturated rings. The standard InChI is InChI=1S/C20H24N4O4S.C2H6/c25-18-6-9-24(10-7-18)29(27,28)19-3-1-15(2-4-19)11-22-20(26)23-13-16-5-8-21-12-17(16)14-23;1-2/h1-5,8,12,18,25H,6-7,9-11,13-14H2,(H,22,26);1-2H3. The fourth-order valence-corrected chi connectivity index (χ4v) is 5.13. The highest BCUT2D eigenvalue weighted by molar-refractivity contribution is 7.89. The Morgan fingerprint density at radius 2 is 1.74 bits per heavy atom. The quantitative estimate of drug-likeness (QED) is 0.751. The summed E-state index contributed by atoms with van der Waals surface area (Å²) in [6.07, 6.45) is 4.00. The van der Waals surface area contributed by atoms with Gasteiger partial charge in [0.05, 0.1) is 11.0 Å². The number of rotatable bonds is 4. The third-order valence-electron chi connectivity index (χ3n) is 5.44. The van der Waals surface area contributed by atoms with Crippen LogP contribution in [0, 0.1) is 0 Å². The number of carbonyl (C=O) groups is 1. The van der Waals surface area contributed by atoms with Gasteiger partial charge < -0.3 is 15.3 Å². The highest BCUT2D eigenvalue weighted by atomic mass is 32.2. The Bertz CT molecular complexity index is 962. The maximum atomic E-state index is 12.7. The molecule has 0 saturated carbocycles. The molecule has 0 aliphatic carbocycles. The lowest BCUT2D eigenvalue weighted by atomic mass is 10.1. The molecule has 4 rings (SSSR count). The Labute approximate surface area is 184 Å². The predicted molar refractivity (Wildman–Crippen MR) is 118 cm³/mol. The molecule has 168 valence electrons. The van der Waals surface area contributed by atoms with Crippen LogP contribution in [0.25, 0.3) is 0 Å². The number of nitrogens with one attached hydrogen (secondary N) is 1. The SMILES string of the molecule is CC.O=C(NCc1ccc(S(=O)(=O)N2CCC(O)CC2)cc1)N1Cc2ccncc2C1. The van der Waals surface area contributed by atoms with Crippen LogP contribution >= 0.6 is 0 Å². The Hall–Kier alpha value is -2.49. The van der Waals surface area contributed by atoms with Crippen molar-refractivity contribution in [1.29, 1.82) is 0 Å². The van der Waals surface area contributed by atoms with Crippen LogP contribution in [-0.4, -0.2) is 52.9 Å². The molecular formula is C22H30N4O4S. The van der Waals surface area contributed by atoms with Crippen LogP contribution in [0.2, 0.25) is 0 Å². The van der Waals surface area contributed by atoms with Crippen molar-refractivity contribution in [2.75, 3.05) is 13.1 Å². The summed E-state index contributed by atoms with van der Waals surface area (Å²) in [5.41, 5.74) is 2.99. The van der Waals surface area contributed by atoms with E-state index in [1.54, 1.807) is 41.6 Å². The van der Waals surface area contributed by atoms with Crippen molar-refractivity contribution in [3.8, 4) is 0 Å². The van der Waals surface area contributed by atoms with Gasteiger partial charge in [0.1, 0.15) is 0 Å². The van der Waals surface area contributed by atoms with Crippen LogP contribution in [0.15, 0.2) is 47.6 Å². The zero-order valence-electron chi connectivity index (χ0n) is 18.0. The molecule has 3 heterocycles. The monoisotopic (exact) mass is 446 g/mol. The lowest BCUT2D eigenvalue weighted by molar-refractivity contribution is 0.113. The first kappa shape index (κ1) is 23.2. The lowest BCUT2D eigenvalue weighted by Crippen LogP contribution is -2.40. The first-order chi connectivity index (χ1) is 14.9. The summed E-state index contributed by atoms with van der Waals surface area (Å²) >= 11 is 0. The van der Waals surface area contributed by atoms with E-state index < -0.39 is 16.1 Å². The van der Waals surface area contributed by atoms with Crippen LogP contribution in [0.1, 0.15) is 43.4 Å². The van der Waals surface area contributed by atoms with E-state index >= 15 is 0 Å². The number of aliphatic hydroxyl groups is 1. The second-order valence-electron chi connectivity index (χ2n) is 7.44. The molecule has 8 nitrogen and oxygen atoms in total. The van der Waals surface area contributed by atoms with E-state index in [9.17, 15) is 18.3 Å². The Balaban J connectivity index is 0.00000132. The van der Waals surface area contributed by atoms with Crippen molar-refractivity contribution in [2.45, 2.75) is 57.3 Å². The van der Waals surface area contributed by atoms with Crippen LogP contribution in [0.5, 0.6) is 0 Å². The number of piperidine rings is 1. The first-order valence-corrected chi connectivity index (χ1v) is 12.1. The molecular weight excluding hydrogens is 416 g/mol. The number of aliphatic hydroxyl groups excluding tert-OH is 1. The summed E-state index contributed by atoms with van der Waals surface area (Å²) in [6, 6.07) is 8.33. The van der Waals surface area contributed by atoms with Crippen LogP contribution in [0.3, 0.4) is 0 Å². The van der Waals surface area contributed by atoms with Gasteiger partial charge in [-0.2, -0.15) is 4.31 Å². The second kappa shape index (κ2) is 10.2. The zero-order chi connectivity index (χ0) is 22.4. The molecule has 0 unspecified atom stereocenters. The Morgan fingerprint density at radius 1 is 1.10 bits per heavy atom. The average molecular weight is 447 g/mol. The number of fused-ring (bicyclic) bond motifs is 1. The predicted octanol–water partition coefficient (Wildman–Crippen LogP) is 2.48. The van der Waals surface area contributed by atoms with Crippen molar-refractivity contribution in [3.63, 3.8) is 0 Å². The molecule has 0 spiro atoms. The molecule has 2 aliphatic rings. The maximum absolute atomic E-state index is 12.7. The van der Waals surface area contributed by atoms with E-state index in [2.05, 4.69) is 10.3 Å². The molecule has 2 N–H and O–H groups in total. The van der Waals surface area contributed by atoms with Gasteiger partial charge in [0.15, 0.2) is 0 Å². The summed E-state index contributed by atoms with van der Waals surface area (Å²) in [5.74, 6) is 0. The summed E-state index contributed by atoms with van der Waals surface area (Å²) in [5, 5.41) is 12.5. The van der Waals surface area contributed by atoms with Gasteiger partial charge in [0.25, 0.3) is 0 Å². The van der Waals surface area contributed by atoms with Crippen molar-refractivity contribution >= 4 is 16.1 Å². The number of sulfonamides is 1. The number of nitrogens with zero attached hydrogens (tertiary/aromatic N) is 3. The van der Waals surface area contributed by atoms with Crippen molar-refractivity contribution in [2.24, 2.45) is 0 Å². The van der Waals surface area contributed by atoms with Gasteiger partial charge in [0.2, 0.25) is 10.0 Å². The van der Waals surface area contributed by atoms with Gasteiger partial charge in [-0.15, -0.1) is 0 Å². The number of benzene rings is 1. The minimum atomic E-state index is -3.56. The fraction of sp³-hybridized carbons (Fsp3) is 0.455. The summed E-state index contributed by atoms with van der Waals surface area (Å²) in [6.45, 7) is 6.08. The third kappa shape index (κ3) is 5.41. The highest BCUT2D eigenvalue weighted by Gasteiger charge is 2.28. The van der Waals surface area contributed by atoms with E-state index in [4.69, 9.17) is 0 Å². The first-order valence-electron chi connectivity index (χ1n) is 10.7. The zero-order valence-corrected chi connectivity index (χ0v) is 18.8. The number of pyridine rings is 1. The second-order valence-corrected chi connectivity index (χ2v) is 9.38. The van der Waals surface area contributed by atoms with E-state index in [-0.39, 0.29) is 10.9 Å². The molecule has 31 heavy (non-hydrogen) atoms. The summed E-state index contributed by atoms with van der Waals surface area (Å²) < 4.78 is 26.8. The minimum absolute atomic E-state index is 0.162. The van der Waals surface area contributed by atoms with E-state index in [0.717, 1.165) is 16.7 Å². The lowest BCUT2D eigenvalue weighted by Gasteiger charge is -2.28. The third-order valence-corrected chi connectivity index (χ3v) is 7.36. The van der Waals surface area contributed by atoms with Gasteiger partial charge in [-0.1, -0.05) is 26.0 Å². The van der Waals surface area contributed by atoms with Crippen molar-refractivity contribution in [3.05, 3.63) is 59.4 Å². The number of urea groups is 1. The van der Waals surface area contributed by atoms with Crippen molar-refractivity contribution < 1.29 is 18.3 Å². The van der Waals surface area contributed by atoms with E-state index in [0.29, 0.717) is 45.6 Å². The van der Waals surface area contributed by atoms with Gasteiger partial charge in [-0.25, -0.2) is 13.2 Å². The number of hydrogen-bond acceptors (Lipinski definition) is 5. The highest BCUT2D eigenvalue weighted by Crippen LogP contribution is 2.22. The van der Waals surface area contributed by atoms with Crippen LogP contribution in [-0.2, 0) is 29.7 Å². The molecule has 1 saturated heterocycles. The molecule has 0 radical (unpaired) electrons. The topological polar surface area (TPSA) is 103 Å². The van der Waals surface area contributed by atoms with Gasteiger partial charge in [0, 0.05) is 45.1 Å². The van der Waals surface area contributed by atoms with Gasteiger partial charge in [-0.3, -0.25) is 4.98 Å². The molecule has 2 amide bonds. The van der Waals surface area contributed by atoms with Gasteiger partial charge >= 0.3 is 6.03 Å². The van der Waals surface area contributed by atoms with E-state index in [1.165, 1.54) is 4.31 Å². The number of hydrogen-bond donors (Lipinski definition) is 2. The van der Waals surface area contributed by atoms with Crippen LogP contribution < -0.4 is 5.32 Å². The molecule has 1 aromatic carbocycles. The van der Waals surface area contributed by atoms with Gasteiger partial charge in [-0.05, 0) is 47.7 Å². The summed E-state index contributed by atoms with van der Waals surface area (Å²) in [7, 11) is -3.56. The smallest absolute Gasteiger partial charge is 0.318 e. The largest absolute Gasteiger partial charge is 0.393 e. The molecule has 1 aromatic heterocycles. The summed E-state index contributed by atoms with van der Waals surface area (Å²) in [4.78, 5) is 18.5. The number of aromatic nitrogens is 1. The number of carbonyl (C=O) groups excluding carboxylic acids is 1. The molecule has 9 heteroatoms. The van der Waals surface area contributed by atoms with E-state index in [1.807, 2.05) is 19.9 Å². The van der Waals surface area contributed by atoms with Crippen LogP contribution in [0.4, 0.5) is 4.79 Å².